The Kier molecular flexibility index (Phi) is 4.71. The topological polar surface area (TPSA) is 18.5 Å². The zero-order valence-electron chi connectivity index (χ0n) is 12.9. The van der Waals surface area contributed by atoms with Crippen molar-refractivity contribution in [1.29, 1.82) is 0 Å². The molecule has 2 nitrogen and oxygen atoms in total. The lowest BCUT2D eigenvalue weighted by Crippen LogP contribution is -2.41. The third-order valence-corrected chi connectivity index (χ3v) is 4.46. The Bertz CT molecular complexity index is 578. The molecule has 0 aliphatic carbocycles. The lowest BCUT2D eigenvalue weighted by molar-refractivity contribution is 0.00578. The second kappa shape index (κ2) is 5.94. The molecule has 120 valence electrons. The van der Waals surface area contributed by atoms with Gasteiger partial charge in [-0.15, -0.1) is 0 Å². The Hall–Kier alpha value is -0.915. The maximum Gasteiger partial charge on any atom is 0.491 e. The van der Waals surface area contributed by atoms with E-state index in [0.717, 1.165) is 12.1 Å². The first-order valence-corrected chi connectivity index (χ1v) is 7.52. The van der Waals surface area contributed by atoms with Crippen molar-refractivity contribution >= 4 is 25.8 Å². The summed E-state index contributed by atoms with van der Waals surface area (Å²) >= 11 is 4.22. The van der Waals surface area contributed by atoms with Gasteiger partial charge in [0.25, 0.3) is 0 Å². The minimum atomic E-state index is -1.49. The fourth-order valence-electron chi connectivity index (χ4n) is 2.06. The van der Waals surface area contributed by atoms with E-state index in [4.69, 9.17) is 9.31 Å². The van der Waals surface area contributed by atoms with Gasteiger partial charge in [-0.05, 0) is 50.9 Å². The standard InChI is InChI=1S/C15H18BF3O2S/c1-14(2)15(3,4)21-16(20-14)10(8-22)5-9-6-11(17)13(19)12(18)7-9/h5-7,22H,8H2,1-4H3. The van der Waals surface area contributed by atoms with E-state index in [1.165, 1.54) is 6.08 Å². The summed E-state index contributed by atoms with van der Waals surface area (Å²) in [5.74, 6) is -3.69. The summed E-state index contributed by atoms with van der Waals surface area (Å²) in [6, 6.07) is 1.85. The van der Waals surface area contributed by atoms with Crippen LogP contribution in [0.5, 0.6) is 0 Å². The van der Waals surface area contributed by atoms with Crippen molar-refractivity contribution < 1.29 is 22.5 Å². The SMILES string of the molecule is CC1(C)OB(C(=Cc2cc(F)c(F)c(F)c2)CS)OC1(C)C. The van der Waals surface area contributed by atoms with Crippen molar-refractivity contribution in [2.24, 2.45) is 0 Å². The number of hydrogen-bond acceptors (Lipinski definition) is 3. The van der Waals surface area contributed by atoms with Gasteiger partial charge in [0.15, 0.2) is 17.5 Å². The molecule has 2 rings (SSSR count). The van der Waals surface area contributed by atoms with Crippen molar-refractivity contribution in [3.05, 3.63) is 40.6 Å². The van der Waals surface area contributed by atoms with Crippen LogP contribution in [0, 0.1) is 17.5 Å². The van der Waals surface area contributed by atoms with Gasteiger partial charge >= 0.3 is 7.12 Å². The van der Waals surface area contributed by atoms with Gasteiger partial charge in [0.1, 0.15) is 0 Å². The molecule has 1 fully saturated rings. The predicted octanol–water partition coefficient (Wildman–Crippen LogP) is 4.05. The van der Waals surface area contributed by atoms with Crippen LogP contribution in [-0.2, 0) is 9.31 Å². The second-order valence-corrected chi connectivity index (χ2v) is 6.58. The van der Waals surface area contributed by atoms with Gasteiger partial charge in [-0.2, -0.15) is 12.6 Å². The first kappa shape index (κ1) is 17.4. The quantitative estimate of drug-likeness (QED) is 0.512. The van der Waals surface area contributed by atoms with E-state index in [1.807, 2.05) is 27.7 Å². The Labute approximate surface area is 134 Å². The molecule has 1 aromatic carbocycles. The minimum Gasteiger partial charge on any atom is -0.400 e. The number of halogens is 3. The van der Waals surface area contributed by atoms with E-state index in [2.05, 4.69) is 12.6 Å². The molecule has 7 heteroatoms. The van der Waals surface area contributed by atoms with E-state index in [0.29, 0.717) is 5.47 Å². The maximum absolute atomic E-state index is 13.3. The molecule has 1 aliphatic rings. The summed E-state index contributed by atoms with van der Waals surface area (Å²) in [5, 5.41) is 0. The van der Waals surface area contributed by atoms with Gasteiger partial charge in [0.05, 0.1) is 11.2 Å². The van der Waals surface area contributed by atoms with E-state index < -0.39 is 35.8 Å². The molecule has 1 aromatic rings. The second-order valence-electron chi connectivity index (χ2n) is 6.26. The Balaban J connectivity index is 2.34. The molecule has 0 amide bonds. The fraction of sp³-hybridized carbons (Fsp3) is 0.467. The van der Waals surface area contributed by atoms with E-state index in [-0.39, 0.29) is 11.3 Å². The van der Waals surface area contributed by atoms with Crippen LogP contribution in [-0.4, -0.2) is 24.1 Å². The minimum absolute atomic E-state index is 0.190. The number of rotatable bonds is 3. The Morgan fingerprint density at radius 1 is 1.09 bits per heavy atom. The summed E-state index contributed by atoms with van der Waals surface area (Å²) in [6.07, 6.45) is 1.50. The molecule has 1 heterocycles. The Morgan fingerprint density at radius 2 is 1.55 bits per heavy atom. The largest absolute Gasteiger partial charge is 0.491 e. The van der Waals surface area contributed by atoms with Crippen LogP contribution in [0.25, 0.3) is 6.08 Å². The highest BCUT2D eigenvalue weighted by Gasteiger charge is 2.52. The summed E-state index contributed by atoms with van der Waals surface area (Å²) in [4.78, 5) is 0. The number of hydrogen-bond donors (Lipinski definition) is 1. The van der Waals surface area contributed by atoms with Crippen LogP contribution in [0.3, 0.4) is 0 Å². The van der Waals surface area contributed by atoms with Crippen molar-refractivity contribution in [2.75, 3.05) is 5.75 Å². The van der Waals surface area contributed by atoms with Crippen LogP contribution < -0.4 is 0 Å². The van der Waals surface area contributed by atoms with Crippen LogP contribution in [0.1, 0.15) is 33.3 Å². The first-order chi connectivity index (χ1) is 10.1. The zero-order valence-corrected chi connectivity index (χ0v) is 13.8. The summed E-state index contributed by atoms with van der Waals surface area (Å²) in [5.41, 5.74) is -0.264. The average molecular weight is 330 g/mol. The first-order valence-electron chi connectivity index (χ1n) is 6.89. The highest BCUT2D eigenvalue weighted by atomic mass is 32.1. The molecule has 0 N–H and O–H groups in total. The van der Waals surface area contributed by atoms with Crippen molar-refractivity contribution in [2.45, 2.75) is 38.9 Å². The normalized spacial score (nSPS) is 20.5. The molecule has 0 atom stereocenters. The monoisotopic (exact) mass is 330 g/mol. The third-order valence-electron chi connectivity index (χ3n) is 4.10. The molecule has 0 aromatic heterocycles. The number of thiol groups is 1. The predicted molar refractivity (Wildman–Crippen MR) is 84.2 cm³/mol. The van der Waals surface area contributed by atoms with Crippen LogP contribution in [0.4, 0.5) is 13.2 Å². The number of benzene rings is 1. The summed E-state index contributed by atoms with van der Waals surface area (Å²) < 4.78 is 51.3. The molecule has 0 saturated carbocycles. The molecule has 22 heavy (non-hydrogen) atoms. The molecular weight excluding hydrogens is 312 g/mol. The van der Waals surface area contributed by atoms with Crippen molar-refractivity contribution in [3.63, 3.8) is 0 Å². The van der Waals surface area contributed by atoms with Gasteiger partial charge in [-0.25, -0.2) is 13.2 Å². The molecule has 1 saturated heterocycles. The highest BCUT2D eigenvalue weighted by Crippen LogP contribution is 2.39. The fourth-order valence-corrected chi connectivity index (χ4v) is 2.30. The van der Waals surface area contributed by atoms with Gasteiger partial charge in [-0.3, -0.25) is 0 Å². The maximum atomic E-state index is 13.3. The molecule has 0 unspecified atom stereocenters. The average Bonchev–Trinajstić information content (AvgIpc) is 2.61. The lowest BCUT2D eigenvalue weighted by Gasteiger charge is -2.32. The van der Waals surface area contributed by atoms with Gasteiger partial charge in [0.2, 0.25) is 0 Å². The molecule has 0 spiro atoms. The van der Waals surface area contributed by atoms with Crippen LogP contribution in [0.15, 0.2) is 17.6 Å². The van der Waals surface area contributed by atoms with Crippen LogP contribution >= 0.6 is 12.6 Å². The van der Waals surface area contributed by atoms with Crippen molar-refractivity contribution in [1.82, 2.24) is 0 Å². The van der Waals surface area contributed by atoms with E-state index >= 15 is 0 Å². The third kappa shape index (κ3) is 3.21. The highest BCUT2D eigenvalue weighted by molar-refractivity contribution is 7.80. The zero-order chi connectivity index (χ0) is 16.7. The molecular formula is C15H18BF3O2S. The van der Waals surface area contributed by atoms with Crippen LogP contribution in [0.2, 0.25) is 0 Å². The molecule has 0 bridgehead atoms. The van der Waals surface area contributed by atoms with Gasteiger partial charge < -0.3 is 9.31 Å². The van der Waals surface area contributed by atoms with Crippen molar-refractivity contribution in [3.8, 4) is 0 Å². The van der Waals surface area contributed by atoms with E-state index in [9.17, 15) is 13.2 Å². The molecule has 0 radical (unpaired) electrons. The molecule has 1 aliphatic heterocycles. The van der Waals surface area contributed by atoms with Gasteiger partial charge in [0, 0.05) is 5.75 Å². The Morgan fingerprint density at radius 3 is 1.95 bits per heavy atom. The summed E-state index contributed by atoms with van der Waals surface area (Å²) in [6.45, 7) is 7.61. The van der Waals surface area contributed by atoms with Gasteiger partial charge in [-0.1, -0.05) is 6.08 Å². The summed E-state index contributed by atoms with van der Waals surface area (Å²) in [7, 11) is -0.668. The smallest absolute Gasteiger partial charge is 0.400 e. The lowest BCUT2D eigenvalue weighted by atomic mass is 9.78. The van der Waals surface area contributed by atoms with E-state index in [1.54, 1.807) is 0 Å².